The first-order chi connectivity index (χ1) is 10.6. The van der Waals surface area contributed by atoms with Crippen molar-refractivity contribution in [1.82, 2.24) is 0 Å². The van der Waals surface area contributed by atoms with Crippen molar-refractivity contribution in [3.63, 3.8) is 0 Å². The molecule has 2 bridgehead atoms. The molecule has 132 valence electrons. The van der Waals surface area contributed by atoms with Gasteiger partial charge in [0.2, 0.25) is 0 Å². The van der Waals surface area contributed by atoms with Crippen LogP contribution in [0, 0.1) is 40.4 Å². The summed E-state index contributed by atoms with van der Waals surface area (Å²) in [7, 11) is 0. The van der Waals surface area contributed by atoms with Crippen LogP contribution >= 0.6 is 15.9 Å². The number of rotatable bonds is 1. The lowest BCUT2D eigenvalue weighted by molar-refractivity contribution is -0.170. The van der Waals surface area contributed by atoms with E-state index in [2.05, 4.69) is 43.6 Å². The Hall–Kier alpha value is 0.400. The predicted octanol–water partition coefficient (Wildman–Crippen LogP) is 4.37. The van der Waals surface area contributed by atoms with E-state index < -0.39 is 5.60 Å². The van der Waals surface area contributed by atoms with Crippen molar-refractivity contribution >= 4 is 15.9 Å². The zero-order valence-electron chi connectivity index (χ0n) is 15.1. The van der Waals surface area contributed by atoms with Crippen molar-refractivity contribution in [2.24, 2.45) is 40.4 Å². The molecule has 0 heterocycles. The van der Waals surface area contributed by atoms with Gasteiger partial charge in [-0.2, -0.15) is 0 Å². The summed E-state index contributed by atoms with van der Waals surface area (Å²) in [6.45, 7) is 9.22. The molecule has 4 aliphatic carbocycles. The van der Waals surface area contributed by atoms with E-state index in [4.69, 9.17) is 0 Å². The van der Waals surface area contributed by atoms with Crippen LogP contribution in [0.4, 0.5) is 0 Å². The third kappa shape index (κ3) is 1.99. The number of hydrogen-bond acceptors (Lipinski definition) is 2. The molecule has 0 unspecified atom stereocenters. The lowest BCUT2D eigenvalue weighted by Crippen LogP contribution is -2.61. The van der Waals surface area contributed by atoms with Crippen molar-refractivity contribution in [2.75, 3.05) is 0 Å². The quantitative estimate of drug-likeness (QED) is 0.658. The van der Waals surface area contributed by atoms with Gasteiger partial charge in [-0.3, -0.25) is 0 Å². The van der Waals surface area contributed by atoms with Gasteiger partial charge in [0, 0.05) is 4.83 Å². The van der Waals surface area contributed by atoms with Crippen LogP contribution in [0.5, 0.6) is 0 Å². The number of aliphatic hydroxyl groups excluding tert-OH is 1. The van der Waals surface area contributed by atoms with E-state index in [0.717, 1.165) is 25.2 Å². The van der Waals surface area contributed by atoms with Gasteiger partial charge in [0.1, 0.15) is 0 Å². The first-order valence-corrected chi connectivity index (χ1v) is 10.6. The number of hydrogen-bond donors (Lipinski definition) is 2. The lowest BCUT2D eigenvalue weighted by Gasteiger charge is -2.62. The van der Waals surface area contributed by atoms with Gasteiger partial charge >= 0.3 is 0 Å². The van der Waals surface area contributed by atoms with Gasteiger partial charge in [-0.15, -0.1) is 0 Å². The first-order valence-electron chi connectivity index (χ1n) is 9.68. The second kappa shape index (κ2) is 4.98. The van der Waals surface area contributed by atoms with E-state index in [1.54, 1.807) is 0 Å². The fraction of sp³-hybridized carbons (Fsp3) is 1.00. The minimum absolute atomic E-state index is 0.135. The molecule has 4 fully saturated rings. The summed E-state index contributed by atoms with van der Waals surface area (Å²) in [6, 6.07) is 0. The molecule has 0 saturated heterocycles. The molecular weight excluding hydrogens is 352 g/mol. The second-order valence-electron chi connectivity index (χ2n) is 10.1. The van der Waals surface area contributed by atoms with Crippen molar-refractivity contribution in [3.05, 3.63) is 0 Å². The van der Waals surface area contributed by atoms with E-state index in [1.807, 2.05) is 0 Å². The molecule has 0 radical (unpaired) electrons. The second-order valence-corrected chi connectivity index (χ2v) is 11.2. The molecule has 0 aromatic carbocycles. The van der Waals surface area contributed by atoms with Crippen LogP contribution in [0.2, 0.25) is 0 Å². The van der Waals surface area contributed by atoms with E-state index >= 15 is 0 Å². The minimum atomic E-state index is -0.580. The van der Waals surface area contributed by atoms with Crippen molar-refractivity contribution in [2.45, 2.75) is 82.8 Å². The van der Waals surface area contributed by atoms with E-state index in [1.165, 1.54) is 19.3 Å². The number of fused-ring (bicyclic) bond motifs is 1. The molecule has 2 N–H and O–H groups in total. The average molecular weight is 385 g/mol. The van der Waals surface area contributed by atoms with Crippen molar-refractivity contribution in [3.8, 4) is 0 Å². The summed E-state index contributed by atoms with van der Waals surface area (Å²) >= 11 is 3.98. The van der Waals surface area contributed by atoms with Gasteiger partial charge < -0.3 is 10.2 Å². The summed E-state index contributed by atoms with van der Waals surface area (Å²) in [5.74, 6) is 2.67. The van der Waals surface area contributed by atoms with Crippen LogP contribution in [0.15, 0.2) is 0 Å². The Morgan fingerprint density at radius 3 is 2.48 bits per heavy atom. The van der Waals surface area contributed by atoms with Crippen molar-refractivity contribution < 1.29 is 10.2 Å². The number of aliphatic hydroxyl groups is 2. The molecule has 23 heavy (non-hydrogen) atoms. The monoisotopic (exact) mass is 384 g/mol. The van der Waals surface area contributed by atoms with Gasteiger partial charge in [0.05, 0.1) is 11.7 Å². The highest BCUT2D eigenvalue weighted by Gasteiger charge is 2.72. The molecule has 0 amide bonds. The number of halogens is 1. The molecule has 4 rings (SSSR count). The van der Waals surface area contributed by atoms with Crippen LogP contribution < -0.4 is 0 Å². The van der Waals surface area contributed by atoms with Gasteiger partial charge in [0.25, 0.3) is 0 Å². The smallest absolute Gasteiger partial charge is 0.0656 e. The molecule has 0 aromatic rings. The molecule has 0 aliphatic heterocycles. The van der Waals surface area contributed by atoms with Crippen LogP contribution in [0.1, 0.15) is 66.2 Å². The normalized spacial score (nSPS) is 61.6. The Morgan fingerprint density at radius 1 is 1.13 bits per heavy atom. The minimum Gasteiger partial charge on any atom is -0.393 e. The molecular formula is C20H33BrO2. The maximum Gasteiger partial charge on any atom is 0.0656 e. The van der Waals surface area contributed by atoms with Crippen LogP contribution in [-0.4, -0.2) is 26.7 Å². The Bertz CT molecular complexity index is 504. The third-order valence-electron chi connectivity index (χ3n) is 8.77. The predicted molar refractivity (Wildman–Crippen MR) is 96.4 cm³/mol. The van der Waals surface area contributed by atoms with Gasteiger partial charge in [-0.1, -0.05) is 36.7 Å². The van der Waals surface area contributed by atoms with Crippen molar-refractivity contribution in [1.29, 1.82) is 0 Å². The maximum absolute atomic E-state index is 11.4. The standard InChI is InChI=1S/C20H33BrO2/c1-11(2)13-9-12-14(22)10-20(13)8-7-18(3)15(21)5-6-19(4,23)17(18)16(12)20/h11-17,22-23H,5-10H2,1-4H3/t12-,13-,14+,15-,16-,17-,18+,19+,20-/m0/s1. The fourth-order valence-electron chi connectivity index (χ4n) is 7.96. The van der Waals surface area contributed by atoms with Crippen LogP contribution in [-0.2, 0) is 0 Å². The Kier molecular flexibility index (Phi) is 3.65. The molecule has 0 aromatic heterocycles. The Labute approximate surface area is 149 Å². The molecule has 4 aliphatic rings. The average Bonchev–Trinajstić information content (AvgIpc) is 2.92. The SMILES string of the molecule is CC(C)[C@@H]1C[C@@H]2[C@H]3[C@H]4[C@](C)(CC[C@@]31C[C@H]2O)[C@@H](Br)CC[C@@]4(C)O. The first kappa shape index (κ1) is 16.8. The summed E-state index contributed by atoms with van der Waals surface area (Å²) in [5, 5.41) is 22.1. The maximum atomic E-state index is 11.4. The topological polar surface area (TPSA) is 40.5 Å². The summed E-state index contributed by atoms with van der Waals surface area (Å²) in [5.41, 5.74) is -0.121. The van der Waals surface area contributed by atoms with Gasteiger partial charge in [0.15, 0.2) is 0 Å². The Balaban J connectivity index is 1.82. The lowest BCUT2D eigenvalue weighted by atomic mass is 9.45. The fourth-order valence-corrected chi connectivity index (χ4v) is 8.71. The van der Waals surface area contributed by atoms with E-state index in [9.17, 15) is 10.2 Å². The molecule has 9 atom stereocenters. The van der Waals surface area contributed by atoms with Crippen LogP contribution in [0.25, 0.3) is 0 Å². The molecule has 4 saturated carbocycles. The van der Waals surface area contributed by atoms with E-state index in [-0.39, 0.29) is 16.9 Å². The largest absolute Gasteiger partial charge is 0.393 e. The zero-order valence-corrected chi connectivity index (χ0v) is 16.6. The van der Waals surface area contributed by atoms with Crippen LogP contribution in [0.3, 0.4) is 0 Å². The highest BCUT2D eigenvalue weighted by Crippen LogP contribution is 2.75. The Morgan fingerprint density at radius 2 is 1.83 bits per heavy atom. The molecule has 0 spiro atoms. The van der Waals surface area contributed by atoms with E-state index in [0.29, 0.717) is 28.5 Å². The van der Waals surface area contributed by atoms with Gasteiger partial charge in [-0.05, 0) is 85.9 Å². The van der Waals surface area contributed by atoms with Gasteiger partial charge in [-0.25, -0.2) is 0 Å². The third-order valence-corrected chi connectivity index (χ3v) is 10.3. The zero-order chi connectivity index (χ0) is 16.8. The number of alkyl halides is 1. The summed E-state index contributed by atoms with van der Waals surface area (Å²) in [4.78, 5) is 0.507. The summed E-state index contributed by atoms with van der Waals surface area (Å²) in [6.07, 6.45) is 6.44. The highest BCUT2D eigenvalue weighted by atomic mass is 79.9. The molecule has 2 nitrogen and oxygen atoms in total. The summed E-state index contributed by atoms with van der Waals surface area (Å²) < 4.78 is 0. The molecule has 3 heteroatoms. The highest BCUT2D eigenvalue weighted by molar-refractivity contribution is 9.09.